The predicted molar refractivity (Wildman–Crippen MR) is 137 cm³/mol. The summed E-state index contributed by atoms with van der Waals surface area (Å²) in [5.41, 5.74) is 0.791. The van der Waals surface area contributed by atoms with Crippen LogP contribution >= 0.6 is 11.6 Å². The number of ether oxygens (including phenoxy) is 1. The predicted octanol–water partition coefficient (Wildman–Crippen LogP) is 5.41. The summed E-state index contributed by atoms with van der Waals surface area (Å²) in [5.74, 6) is 2.80. The van der Waals surface area contributed by atoms with Crippen molar-refractivity contribution in [1.82, 2.24) is 19.9 Å². The van der Waals surface area contributed by atoms with Crippen molar-refractivity contribution < 1.29 is 4.74 Å². The molecule has 2 aromatic rings. The molecule has 0 amide bonds. The maximum absolute atomic E-state index is 6.35. The molecule has 1 aliphatic rings. The molecule has 1 saturated heterocycles. The number of hydrogen-bond donors (Lipinski definition) is 3. The van der Waals surface area contributed by atoms with E-state index in [1.165, 1.54) is 12.8 Å². The summed E-state index contributed by atoms with van der Waals surface area (Å²) in [5, 5.41) is 10.6. The zero-order valence-corrected chi connectivity index (χ0v) is 21.1. The molecule has 2 unspecified atom stereocenters. The summed E-state index contributed by atoms with van der Waals surface area (Å²) < 4.78 is 5.53. The van der Waals surface area contributed by atoms with Crippen LogP contribution in [0.4, 0.5) is 23.5 Å². The fourth-order valence-electron chi connectivity index (χ4n) is 4.18. The summed E-state index contributed by atoms with van der Waals surface area (Å²) in [4.78, 5) is 16.3. The van der Waals surface area contributed by atoms with E-state index in [4.69, 9.17) is 16.3 Å². The Bertz CT molecular complexity index is 882. The van der Waals surface area contributed by atoms with Crippen LogP contribution in [0.3, 0.4) is 0 Å². The Hall–Kier alpha value is -2.32. The van der Waals surface area contributed by atoms with Gasteiger partial charge in [-0.1, -0.05) is 38.8 Å². The minimum Gasteiger partial charge on any atom is -0.492 e. The molecule has 1 aromatic heterocycles. The third-order valence-electron chi connectivity index (χ3n) is 5.91. The quantitative estimate of drug-likeness (QED) is 0.354. The summed E-state index contributed by atoms with van der Waals surface area (Å²) in [6.07, 6.45) is 4.76. The molecular formula is C24H38ClN7O. The van der Waals surface area contributed by atoms with E-state index in [2.05, 4.69) is 56.6 Å². The molecule has 0 bridgehead atoms. The second kappa shape index (κ2) is 12.8. The lowest BCUT2D eigenvalue weighted by atomic mass is 10.1. The van der Waals surface area contributed by atoms with Crippen LogP contribution in [-0.2, 0) is 0 Å². The molecule has 3 rings (SSSR count). The molecule has 8 nitrogen and oxygen atoms in total. The molecule has 9 heteroatoms. The van der Waals surface area contributed by atoms with Crippen molar-refractivity contribution in [2.24, 2.45) is 5.92 Å². The van der Waals surface area contributed by atoms with E-state index in [0.717, 1.165) is 44.7 Å². The first-order valence-corrected chi connectivity index (χ1v) is 12.6. The maximum Gasteiger partial charge on any atom is 0.233 e. The number of hydrogen-bond acceptors (Lipinski definition) is 8. The van der Waals surface area contributed by atoms with E-state index in [-0.39, 0.29) is 0 Å². The normalized spacial score (nSPS) is 17.1. The average Bonchev–Trinajstić information content (AvgIpc) is 3.26. The first-order chi connectivity index (χ1) is 16.0. The molecule has 0 radical (unpaired) electrons. The molecule has 3 N–H and O–H groups in total. The van der Waals surface area contributed by atoms with Gasteiger partial charge in [-0.2, -0.15) is 15.0 Å². The number of rotatable bonds is 13. The minimum atomic E-state index is 0.470. The van der Waals surface area contributed by atoms with E-state index in [1.807, 2.05) is 25.1 Å². The third kappa shape index (κ3) is 7.61. The number of aromatic nitrogens is 3. The molecule has 2 heterocycles. The van der Waals surface area contributed by atoms with Crippen molar-refractivity contribution >= 4 is 35.1 Å². The van der Waals surface area contributed by atoms with E-state index < -0.39 is 0 Å². The second-order valence-corrected chi connectivity index (χ2v) is 9.00. The van der Waals surface area contributed by atoms with Crippen LogP contribution in [0.25, 0.3) is 0 Å². The van der Waals surface area contributed by atoms with Crippen molar-refractivity contribution in [3.8, 4) is 5.75 Å². The second-order valence-electron chi connectivity index (χ2n) is 8.59. The van der Waals surface area contributed by atoms with E-state index in [1.54, 1.807) is 0 Å². The maximum atomic E-state index is 6.35. The average molecular weight is 476 g/mol. The molecule has 1 fully saturated rings. The van der Waals surface area contributed by atoms with Gasteiger partial charge in [0, 0.05) is 24.8 Å². The SMILES string of the molecule is CCCC(C)CNc1nc(NCC2CCCN2CC)nc(Nc2ccc(OCC)c(Cl)c2)n1. The standard InChI is InChI=1S/C24H38ClN7O/c1-5-9-17(4)15-26-22-29-23(27-16-19-10-8-13-32(19)6-2)31-24(30-22)28-18-11-12-21(33-7-3)20(25)14-18/h11-12,14,17,19H,5-10,13,15-16H2,1-4H3,(H3,26,27,28,29,30,31). The molecular weight excluding hydrogens is 438 g/mol. The fourth-order valence-corrected chi connectivity index (χ4v) is 4.42. The van der Waals surface area contributed by atoms with Crippen LogP contribution in [0.2, 0.25) is 5.02 Å². The summed E-state index contributed by atoms with van der Waals surface area (Å²) >= 11 is 6.35. The number of likely N-dealkylation sites (N-methyl/N-ethyl adjacent to an activating group) is 1. The number of likely N-dealkylation sites (tertiary alicyclic amines) is 1. The highest BCUT2D eigenvalue weighted by Crippen LogP contribution is 2.29. The number of nitrogens with one attached hydrogen (secondary N) is 3. The molecule has 2 atom stereocenters. The molecule has 33 heavy (non-hydrogen) atoms. The van der Waals surface area contributed by atoms with E-state index in [9.17, 15) is 0 Å². The zero-order valence-electron chi connectivity index (χ0n) is 20.3. The van der Waals surface area contributed by atoms with Crippen molar-refractivity contribution in [3.05, 3.63) is 23.2 Å². The third-order valence-corrected chi connectivity index (χ3v) is 6.21. The van der Waals surface area contributed by atoms with Gasteiger partial charge >= 0.3 is 0 Å². The highest BCUT2D eigenvalue weighted by atomic mass is 35.5. The fraction of sp³-hybridized carbons (Fsp3) is 0.625. The first-order valence-electron chi connectivity index (χ1n) is 12.2. The number of benzene rings is 1. The van der Waals surface area contributed by atoms with Gasteiger partial charge in [0.05, 0.1) is 11.6 Å². The Morgan fingerprint density at radius 3 is 2.58 bits per heavy atom. The Kier molecular flexibility index (Phi) is 9.81. The van der Waals surface area contributed by atoms with Crippen LogP contribution in [0.1, 0.15) is 53.4 Å². The summed E-state index contributed by atoms with van der Waals surface area (Å²) in [7, 11) is 0. The lowest BCUT2D eigenvalue weighted by Gasteiger charge is -2.23. The zero-order chi connectivity index (χ0) is 23.6. The van der Waals surface area contributed by atoms with Gasteiger partial charge in [-0.15, -0.1) is 0 Å². The van der Waals surface area contributed by atoms with Crippen LogP contribution in [0.15, 0.2) is 18.2 Å². The van der Waals surface area contributed by atoms with Gasteiger partial charge in [0.15, 0.2) is 0 Å². The number of anilines is 4. The number of halogens is 1. The topological polar surface area (TPSA) is 87.2 Å². The van der Waals surface area contributed by atoms with Gasteiger partial charge < -0.3 is 20.7 Å². The first kappa shape index (κ1) is 25.3. The monoisotopic (exact) mass is 475 g/mol. The van der Waals surface area contributed by atoms with Crippen LogP contribution < -0.4 is 20.7 Å². The molecule has 1 aliphatic heterocycles. The van der Waals surface area contributed by atoms with Gasteiger partial charge in [0.2, 0.25) is 17.8 Å². The lowest BCUT2D eigenvalue weighted by molar-refractivity contribution is 0.277. The largest absolute Gasteiger partial charge is 0.492 e. The number of nitrogens with zero attached hydrogens (tertiary/aromatic N) is 4. The van der Waals surface area contributed by atoms with Gasteiger partial charge in [-0.25, -0.2) is 0 Å². The van der Waals surface area contributed by atoms with Gasteiger partial charge in [0.25, 0.3) is 0 Å². The summed E-state index contributed by atoms with van der Waals surface area (Å²) in [6, 6.07) is 6.08. The molecule has 0 saturated carbocycles. The van der Waals surface area contributed by atoms with Crippen LogP contribution in [-0.4, -0.2) is 58.7 Å². The molecule has 182 valence electrons. The van der Waals surface area contributed by atoms with Crippen LogP contribution in [0, 0.1) is 5.92 Å². The molecule has 0 spiro atoms. The van der Waals surface area contributed by atoms with Gasteiger partial charge in [0.1, 0.15) is 5.75 Å². The minimum absolute atomic E-state index is 0.470. The Labute approximate surface area is 202 Å². The molecule has 0 aliphatic carbocycles. The van der Waals surface area contributed by atoms with Crippen molar-refractivity contribution in [2.45, 2.75) is 59.4 Å². The van der Waals surface area contributed by atoms with Crippen molar-refractivity contribution in [1.29, 1.82) is 0 Å². The highest BCUT2D eigenvalue weighted by Gasteiger charge is 2.23. The Balaban J connectivity index is 1.75. The van der Waals surface area contributed by atoms with E-state index >= 15 is 0 Å². The molecule has 1 aromatic carbocycles. The smallest absolute Gasteiger partial charge is 0.233 e. The summed E-state index contributed by atoms with van der Waals surface area (Å²) in [6.45, 7) is 13.0. The highest BCUT2D eigenvalue weighted by molar-refractivity contribution is 6.32. The van der Waals surface area contributed by atoms with Crippen LogP contribution in [0.5, 0.6) is 5.75 Å². The Morgan fingerprint density at radius 2 is 1.88 bits per heavy atom. The van der Waals surface area contributed by atoms with Gasteiger partial charge in [-0.3, -0.25) is 4.90 Å². The van der Waals surface area contributed by atoms with Crippen molar-refractivity contribution in [2.75, 3.05) is 48.7 Å². The Morgan fingerprint density at radius 1 is 1.12 bits per heavy atom. The van der Waals surface area contributed by atoms with Gasteiger partial charge in [-0.05, 0) is 63.4 Å². The van der Waals surface area contributed by atoms with Crippen molar-refractivity contribution in [3.63, 3.8) is 0 Å². The van der Waals surface area contributed by atoms with E-state index in [0.29, 0.717) is 47.2 Å². The lowest BCUT2D eigenvalue weighted by Crippen LogP contribution is -2.35.